The van der Waals surface area contributed by atoms with E-state index in [1.807, 2.05) is 32.9 Å². The van der Waals surface area contributed by atoms with Crippen molar-refractivity contribution in [1.29, 1.82) is 0 Å². The third kappa shape index (κ3) is 2.50. The van der Waals surface area contributed by atoms with Crippen molar-refractivity contribution in [2.45, 2.75) is 26.3 Å². The average molecular weight is 358 g/mol. The Hall–Kier alpha value is -1.11. The third-order valence-corrected chi connectivity index (χ3v) is 3.51. The van der Waals surface area contributed by atoms with Crippen LogP contribution in [-0.2, 0) is 4.79 Å². The van der Waals surface area contributed by atoms with Gasteiger partial charge in [0.15, 0.2) is 0 Å². The van der Waals surface area contributed by atoms with Crippen LogP contribution in [-0.4, -0.2) is 28.8 Å². The van der Waals surface area contributed by atoms with Gasteiger partial charge in [0.1, 0.15) is 6.54 Å². The first kappa shape index (κ1) is 13.3. The molecule has 1 aromatic rings. The minimum atomic E-state index is -0.378. The van der Waals surface area contributed by atoms with Gasteiger partial charge in [-0.25, -0.2) is 0 Å². The average Bonchev–Trinajstić information content (AvgIpc) is 2.37. The number of hydrogen-bond donors (Lipinski definition) is 1. The van der Waals surface area contributed by atoms with Gasteiger partial charge in [-0.05, 0) is 61.6 Å². The first-order chi connectivity index (χ1) is 8.29. The fourth-order valence-electron chi connectivity index (χ4n) is 1.89. The highest BCUT2D eigenvalue weighted by Gasteiger charge is 2.33. The molecule has 1 N–H and O–H groups in total. The van der Waals surface area contributed by atoms with E-state index in [4.69, 9.17) is 0 Å². The number of hydrogen-bond acceptors (Lipinski definition) is 2. The van der Waals surface area contributed by atoms with Gasteiger partial charge >= 0.3 is 0 Å². The van der Waals surface area contributed by atoms with Gasteiger partial charge < -0.3 is 10.2 Å². The molecule has 0 aliphatic carbocycles. The zero-order valence-electron chi connectivity index (χ0n) is 10.6. The lowest BCUT2D eigenvalue weighted by Gasteiger charge is -2.33. The third-order valence-electron chi connectivity index (χ3n) is 2.84. The first-order valence-corrected chi connectivity index (χ1v) is 6.78. The van der Waals surface area contributed by atoms with E-state index in [0.717, 1.165) is 3.57 Å². The van der Waals surface area contributed by atoms with Gasteiger partial charge in [-0.2, -0.15) is 0 Å². The van der Waals surface area contributed by atoms with Gasteiger partial charge in [-0.1, -0.05) is 0 Å². The molecule has 2 rings (SSSR count). The predicted molar refractivity (Wildman–Crippen MR) is 78.6 cm³/mol. The van der Waals surface area contributed by atoms with Gasteiger partial charge in [0, 0.05) is 9.11 Å². The maximum atomic E-state index is 12.5. The number of rotatable bonds is 0. The summed E-state index contributed by atoms with van der Waals surface area (Å²) in [6.45, 7) is 5.87. The highest BCUT2D eigenvalue weighted by atomic mass is 127. The molecule has 0 spiro atoms. The normalized spacial score (nSPS) is 16.1. The SMILES string of the molecule is CC(C)(C)N1CC(=O)Nc2ccc(I)cc2C1=O. The molecule has 1 aromatic carbocycles. The molecule has 4 nitrogen and oxygen atoms in total. The molecule has 1 heterocycles. The minimum Gasteiger partial charge on any atom is -0.324 e. The number of halogens is 1. The molecule has 2 amide bonds. The smallest absolute Gasteiger partial charge is 0.256 e. The number of fused-ring (bicyclic) bond motifs is 1. The van der Waals surface area contributed by atoms with E-state index in [0.29, 0.717) is 11.3 Å². The van der Waals surface area contributed by atoms with Crippen molar-refractivity contribution in [3.63, 3.8) is 0 Å². The van der Waals surface area contributed by atoms with Gasteiger partial charge in [-0.3, -0.25) is 9.59 Å². The van der Waals surface area contributed by atoms with Gasteiger partial charge in [-0.15, -0.1) is 0 Å². The minimum absolute atomic E-state index is 0.0909. The van der Waals surface area contributed by atoms with Crippen molar-refractivity contribution in [1.82, 2.24) is 4.90 Å². The van der Waals surface area contributed by atoms with Gasteiger partial charge in [0.25, 0.3) is 5.91 Å². The topological polar surface area (TPSA) is 49.4 Å². The molecular weight excluding hydrogens is 343 g/mol. The van der Waals surface area contributed by atoms with Crippen molar-refractivity contribution in [2.24, 2.45) is 0 Å². The Morgan fingerprint density at radius 3 is 2.56 bits per heavy atom. The van der Waals surface area contributed by atoms with Crippen LogP contribution in [0.3, 0.4) is 0 Å². The van der Waals surface area contributed by atoms with E-state index in [1.54, 1.807) is 11.0 Å². The highest BCUT2D eigenvalue weighted by molar-refractivity contribution is 14.1. The van der Waals surface area contributed by atoms with Crippen molar-refractivity contribution in [3.05, 3.63) is 27.3 Å². The predicted octanol–water partition coefficient (Wildman–Crippen LogP) is 2.48. The summed E-state index contributed by atoms with van der Waals surface area (Å²) in [4.78, 5) is 25.9. The second-order valence-corrected chi connectivity index (χ2v) is 6.55. The standard InChI is InChI=1S/C13H15IN2O2/c1-13(2,3)16-7-11(17)15-10-5-4-8(14)6-9(10)12(16)18/h4-6H,7H2,1-3H3,(H,15,17). The van der Waals surface area contributed by atoms with E-state index < -0.39 is 0 Å². The molecule has 18 heavy (non-hydrogen) atoms. The Morgan fingerprint density at radius 2 is 1.94 bits per heavy atom. The van der Waals surface area contributed by atoms with E-state index in [2.05, 4.69) is 27.9 Å². The van der Waals surface area contributed by atoms with Gasteiger partial charge in [0.2, 0.25) is 5.91 Å². The zero-order valence-corrected chi connectivity index (χ0v) is 12.7. The van der Waals surface area contributed by atoms with Crippen LogP contribution in [0.25, 0.3) is 0 Å². The number of benzene rings is 1. The molecule has 0 saturated heterocycles. The first-order valence-electron chi connectivity index (χ1n) is 5.70. The van der Waals surface area contributed by atoms with E-state index in [-0.39, 0.29) is 23.9 Å². The summed E-state index contributed by atoms with van der Waals surface area (Å²) in [5.41, 5.74) is 0.775. The lowest BCUT2D eigenvalue weighted by atomic mass is 10.0. The Balaban J connectivity index is 2.54. The van der Waals surface area contributed by atoms with Crippen LogP contribution in [0.1, 0.15) is 31.1 Å². The summed E-state index contributed by atoms with van der Waals surface area (Å²) >= 11 is 2.16. The van der Waals surface area contributed by atoms with Crippen LogP contribution >= 0.6 is 22.6 Å². The van der Waals surface area contributed by atoms with Crippen LogP contribution in [0.15, 0.2) is 18.2 Å². The lowest BCUT2D eigenvalue weighted by molar-refractivity contribution is -0.117. The number of anilines is 1. The van der Waals surface area contributed by atoms with Crippen molar-refractivity contribution < 1.29 is 9.59 Å². The summed E-state index contributed by atoms with van der Waals surface area (Å²) in [5, 5.41) is 2.78. The Morgan fingerprint density at radius 1 is 1.28 bits per heavy atom. The Kier molecular flexibility index (Phi) is 3.35. The lowest BCUT2D eigenvalue weighted by Crippen LogP contribution is -2.47. The summed E-state index contributed by atoms with van der Waals surface area (Å²) in [7, 11) is 0. The Bertz CT molecular complexity index is 520. The fraction of sp³-hybridized carbons (Fsp3) is 0.385. The molecule has 0 unspecified atom stereocenters. The Labute approximate surface area is 120 Å². The monoisotopic (exact) mass is 358 g/mol. The number of carbonyl (C=O) groups excluding carboxylic acids is 2. The molecule has 96 valence electrons. The molecule has 0 atom stereocenters. The fourth-order valence-corrected chi connectivity index (χ4v) is 2.39. The summed E-state index contributed by atoms with van der Waals surface area (Å²) < 4.78 is 0.977. The molecule has 0 aromatic heterocycles. The second kappa shape index (κ2) is 4.53. The van der Waals surface area contributed by atoms with Crippen molar-refractivity contribution >= 4 is 40.1 Å². The second-order valence-electron chi connectivity index (χ2n) is 5.30. The molecular formula is C13H15IN2O2. The van der Waals surface area contributed by atoms with E-state index >= 15 is 0 Å². The summed E-state index contributed by atoms with van der Waals surface area (Å²) in [5.74, 6) is -0.257. The van der Waals surface area contributed by atoms with Crippen molar-refractivity contribution in [2.75, 3.05) is 11.9 Å². The maximum Gasteiger partial charge on any atom is 0.256 e. The van der Waals surface area contributed by atoms with E-state index in [1.165, 1.54) is 0 Å². The van der Waals surface area contributed by atoms with Crippen LogP contribution < -0.4 is 5.32 Å². The largest absolute Gasteiger partial charge is 0.324 e. The van der Waals surface area contributed by atoms with E-state index in [9.17, 15) is 9.59 Å². The molecule has 0 fully saturated rings. The summed E-state index contributed by atoms with van der Waals surface area (Å²) in [6, 6.07) is 5.46. The molecule has 0 bridgehead atoms. The molecule has 0 saturated carbocycles. The zero-order chi connectivity index (χ0) is 13.5. The number of nitrogens with one attached hydrogen (secondary N) is 1. The van der Waals surface area contributed by atoms with Crippen LogP contribution in [0.5, 0.6) is 0 Å². The van der Waals surface area contributed by atoms with Crippen LogP contribution in [0, 0.1) is 3.57 Å². The van der Waals surface area contributed by atoms with Crippen LogP contribution in [0.4, 0.5) is 5.69 Å². The molecule has 1 aliphatic heterocycles. The quantitative estimate of drug-likeness (QED) is 0.725. The van der Waals surface area contributed by atoms with Gasteiger partial charge in [0.05, 0.1) is 11.3 Å². The maximum absolute atomic E-state index is 12.5. The number of nitrogens with zero attached hydrogens (tertiary/aromatic N) is 1. The van der Waals surface area contributed by atoms with Crippen molar-refractivity contribution in [3.8, 4) is 0 Å². The molecule has 5 heteroatoms. The molecule has 1 aliphatic rings. The number of amides is 2. The molecule has 0 radical (unpaired) electrons. The van der Waals surface area contributed by atoms with Crippen LogP contribution in [0.2, 0.25) is 0 Å². The number of carbonyl (C=O) groups is 2. The summed E-state index contributed by atoms with van der Waals surface area (Å²) in [6.07, 6.45) is 0. The highest BCUT2D eigenvalue weighted by Crippen LogP contribution is 2.26.